The highest BCUT2D eigenvalue weighted by Crippen LogP contribution is 2.22. The van der Waals surface area contributed by atoms with Gasteiger partial charge >= 0.3 is 5.97 Å². The lowest BCUT2D eigenvalue weighted by atomic mass is 10.1. The predicted molar refractivity (Wildman–Crippen MR) is 92.5 cm³/mol. The Morgan fingerprint density at radius 2 is 1.88 bits per heavy atom. The van der Waals surface area contributed by atoms with Gasteiger partial charge in [-0.2, -0.15) is 0 Å². The zero-order valence-corrected chi connectivity index (χ0v) is 14.8. The Hall–Kier alpha value is -1.92. The van der Waals surface area contributed by atoms with E-state index in [0.717, 1.165) is 0 Å². The van der Waals surface area contributed by atoms with Gasteiger partial charge in [0.25, 0.3) is 0 Å². The van der Waals surface area contributed by atoms with Crippen molar-refractivity contribution in [2.24, 2.45) is 0 Å². The van der Waals surface area contributed by atoms with Crippen molar-refractivity contribution in [3.05, 3.63) is 68.9 Å². The monoisotopic (exact) mass is 413 g/mol. The number of amides is 1. The second-order valence-electron chi connectivity index (χ2n) is 5.20. The summed E-state index contributed by atoms with van der Waals surface area (Å²) in [6.07, 6.45) is 0.0619. The zero-order valence-electron chi connectivity index (χ0n) is 12.4. The van der Waals surface area contributed by atoms with Crippen molar-refractivity contribution in [2.75, 3.05) is 0 Å². The van der Waals surface area contributed by atoms with Crippen molar-refractivity contribution < 1.29 is 19.1 Å². The summed E-state index contributed by atoms with van der Waals surface area (Å²) in [5.41, 5.74) is 1.28. The first kappa shape index (κ1) is 18.4. The summed E-state index contributed by atoms with van der Waals surface area (Å²) in [6.45, 7) is 0. The molecule has 0 fully saturated rings. The fourth-order valence-electron chi connectivity index (χ4n) is 2.15. The van der Waals surface area contributed by atoms with Crippen LogP contribution in [0.2, 0.25) is 5.02 Å². The van der Waals surface area contributed by atoms with Gasteiger partial charge in [0.1, 0.15) is 11.9 Å². The number of halogens is 3. The molecule has 2 aromatic rings. The number of carbonyl (C=O) groups excluding carboxylic acids is 1. The van der Waals surface area contributed by atoms with Gasteiger partial charge in [0, 0.05) is 15.9 Å². The molecule has 0 saturated heterocycles. The number of hydrogen-bond acceptors (Lipinski definition) is 2. The summed E-state index contributed by atoms with van der Waals surface area (Å²) >= 11 is 9.25. The Labute approximate surface area is 151 Å². The molecule has 2 N–H and O–H groups in total. The fraction of sp³-hybridized carbons (Fsp3) is 0.176. The molecule has 1 atom stereocenters. The standard InChI is InChI=1S/C17H14BrClFNO3/c18-14-6-3-12(19)8-11(14)9-15(17(23)24)21-16(22)7-10-1-4-13(20)5-2-10/h1-6,8,15H,7,9H2,(H,21,22)(H,23,24)/t15-/m0/s1. The van der Waals surface area contributed by atoms with Crippen LogP contribution < -0.4 is 5.32 Å². The second kappa shape index (κ2) is 8.26. The third-order valence-corrected chi connectivity index (χ3v) is 4.35. The molecule has 4 nitrogen and oxygen atoms in total. The minimum absolute atomic E-state index is 0.0270. The SMILES string of the molecule is O=C(Cc1ccc(F)cc1)N[C@@H](Cc1cc(Cl)ccc1Br)C(=O)O. The number of nitrogens with one attached hydrogen (secondary N) is 1. The lowest BCUT2D eigenvalue weighted by molar-refractivity contribution is -0.141. The van der Waals surface area contributed by atoms with Gasteiger partial charge in [-0.15, -0.1) is 0 Å². The molecule has 0 spiro atoms. The zero-order chi connectivity index (χ0) is 17.7. The molecule has 0 radical (unpaired) electrons. The molecule has 0 saturated carbocycles. The van der Waals surface area contributed by atoms with Crippen LogP contribution in [-0.2, 0) is 22.4 Å². The van der Waals surface area contributed by atoms with E-state index in [1.807, 2.05) is 0 Å². The molecule has 2 aromatic carbocycles. The highest BCUT2D eigenvalue weighted by atomic mass is 79.9. The van der Waals surface area contributed by atoms with E-state index in [1.165, 1.54) is 24.3 Å². The summed E-state index contributed by atoms with van der Waals surface area (Å²) in [5.74, 6) is -1.99. The Morgan fingerprint density at radius 3 is 2.50 bits per heavy atom. The summed E-state index contributed by atoms with van der Waals surface area (Å²) in [7, 11) is 0. The lowest BCUT2D eigenvalue weighted by Crippen LogP contribution is -2.43. The smallest absolute Gasteiger partial charge is 0.326 e. The van der Waals surface area contributed by atoms with Gasteiger partial charge in [0.2, 0.25) is 5.91 Å². The van der Waals surface area contributed by atoms with Crippen LogP contribution in [0, 0.1) is 5.82 Å². The number of carboxylic acid groups (broad SMARTS) is 1. The number of carboxylic acids is 1. The van der Waals surface area contributed by atoms with Crippen LogP contribution in [0.5, 0.6) is 0 Å². The first-order valence-electron chi connectivity index (χ1n) is 7.05. The molecule has 0 aromatic heterocycles. The molecular formula is C17H14BrClFNO3. The molecule has 1 amide bonds. The van der Waals surface area contributed by atoms with E-state index in [9.17, 15) is 19.1 Å². The highest BCUT2D eigenvalue weighted by Gasteiger charge is 2.21. The highest BCUT2D eigenvalue weighted by molar-refractivity contribution is 9.10. The normalized spacial score (nSPS) is 11.8. The third kappa shape index (κ3) is 5.32. The molecule has 0 unspecified atom stereocenters. The Bertz CT molecular complexity index is 752. The summed E-state index contributed by atoms with van der Waals surface area (Å²) in [5, 5.41) is 12.3. The second-order valence-corrected chi connectivity index (χ2v) is 6.49. The average molecular weight is 415 g/mol. The topological polar surface area (TPSA) is 66.4 Å². The molecule has 0 aliphatic rings. The summed E-state index contributed by atoms with van der Waals surface area (Å²) < 4.78 is 13.6. The van der Waals surface area contributed by atoms with E-state index >= 15 is 0 Å². The molecule has 7 heteroatoms. The van der Waals surface area contributed by atoms with Gasteiger partial charge in [-0.05, 0) is 41.5 Å². The maximum Gasteiger partial charge on any atom is 0.326 e. The maximum absolute atomic E-state index is 12.9. The molecule has 0 aliphatic heterocycles. The van der Waals surface area contributed by atoms with Crippen molar-refractivity contribution in [3.63, 3.8) is 0 Å². The third-order valence-electron chi connectivity index (χ3n) is 3.34. The van der Waals surface area contributed by atoms with E-state index in [1.54, 1.807) is 18.2 Å². The maximum atomic E-state index is 12.9. The van der Waals surface area contributed by atoms with Crippen LogP contribution in [-0.4, -0.2) is 23.0 Å². The van der Waals surface area contributed by atoms with Crippen LogP contribution in [0.25, 0.3) is 0 Å². The van der Waals surface area contributed by atoms with Gasteiger partial charge in [0.05, 0.1) is 6.42 Å². The van der Waals surface area contributed by atoms with E-state index < -0.39 is 23.7 Å². The van der Waals surface area contributed by atoms with E-state index in [4.69, 9.17) is 11.6 Å². The first-order chi connectivity index (χ1) is 11.3. The molecule has 0 bridgehead atoms. The van der Waals surface area contributed by atoms with Gasteiger partial charge in [-0.25, -0.2) is 9.18 Å². The van der Waals surface area contributed by atoms with Crippen molar-refractivity contribution in [3.8, 4) is 0 Å². The van der Waals surface area contributed by atoms with Gasteiger partial charge in [-0.1, -0.05) is 39.7 Å². The number of carbonyl (C=O) groups is 2. The summed E-state index contributed by atoms with van der Waals surface area (Å²) in [4.78, 5) is 23.5. The molecule has 0 heterocycles. The lowest BCUT2D eigenvalue weighted by Gasteiger charge is -2.16. The van der Waals surface area contributed by atoms with E-state index in [-0.39, 0.29) is 12.8 Å². The number of hydrogen-bond donors (Lipinski definition) is 2. The van der Waals surface area contributed by atoms with Gasteiger partial charge < -0.3 is 10.4 Å². The number of benzene rings is 2. The first-order valence-corrected chi connectivity index (χ1v) is 8.23. The quantitative estimate of drug-likeness (QED) is 0.759. The van der Waals surface area contributed by atoms with Gasteiger partial charge in [0.15, 0.2) is 0 Å². The Kier molecular flexibility index (Phi) is 6.34. The van der Waals surface area contributed by atoms with E-state index in [2.05, 4.69) is 21.2 Å². The Morgan fingerprint density at radius 1 is 1.21 bits per heavy atom. The number of rotatable bonds is 6. The minimum Gasteiger partial charge on any atom is -0.480 e. The number of aliphatic carboxylic acids is 1. The van der Waals surface area contributed by atoms with Crippen LogP contribution in [0.4, 0.5) is 4.39 Å². The van der Waals surface area contributed by atoms with Crippen LogP contribution in [0.3, 0.4) is 0 Å². The van der Waals surface area contributed by atoms with Crippen molar-refractivity contribution in [1.29, 1.82) is 0 Å². The molecule has 126 valence electrons. The van der Waals surface area contributed by atoms with E-state index in [0.29, 0.717) is 20.6 Å². The average Bonchev–Trinajstić information content (AvgIpc) is 2.52. The molecular weight excluding hydrogens is 401 g/mol. The van der Waals surface area contributed by atoms with Crippen LogP contribution >= 0.6 is 27.5 Å². The van der Waals surface area contributed by atoms with Crippen molar-refractivity contribution >= 4 is 39.4 Å². The van der Waals surface area contributed by atoms with Crippen LogP contribution in [0.15, 0.2) is 46.9 Å². The summed E-state index contributed by atoms with van der Waals surface area (Å²) in [6, 6.07) is 9.42. The fourth-order valence-corrected chi connectivity index (χ4v) is 2.76. The molecule has 24 heavy (non-hydrogen) atoms. The molecule has 2 rings (SSSR count). The van der Waals surface area contributed by atoms with Crippen LogP contribution in [0.1, 0.15) is 11.1 Å². The molecule has 0 aliphatic carbocycles. The van der Waals surface area contributed by atoms with Crippen molar-refractivity contribution in [2.45, 2.75) is 18.9 Å². The largest absolute Gasteiger partial charge is 0.480 e. The van der Waals surface area contributed by atoms with Crippen molar-refractivity contribution in [1.82, 2.24) is 5.32 Å². The minimum atomic E-state index is -1.14. The predicted octanol–water partition coefficient (Wildman–Crippen LogP) is 3.60. The van der Waals surface area contributed by atoms with Gasteiger partial charge in [-0.3, -0.25) is 4.79 Å². The Balaban J connectivity index is 2.05.